The highest BCUT2D eigenvalue weighted by Gasteiger charge is 2.21. The molecule has 3 aromatic rings. The summed E-state index contributed by atoms with van der Waals surface area (Å²) in [6.45, 7) is 4.79. The number of ether oxygens (including phenoxy) is 1. The number of hydrogen-bond donors (Lipinski definition) is 1. The van der Waals surface area contributed by atoms with Gasteiger partial charge < -0.3 is 14.4 Å². The molecular formula is C26H30N2O5. The number of fused-ring (bicyclic) bond motifs is 1. The molecule has 33 heavy (non-hydrogen) atoms. The molecule has 0 amide bonds. The Morgan fingerprint density at radius 1 is 1.09 bits per heavy atom. The van der Waals surface area contributed by atoms with E-state index in [0.29, 0.717) is 0 Å². The SMILES string of the molecule is CCCc1noc2ccccc12.O=C(O)/C=C\C(=O)OC1CCN(Cc2ccccc2)CC1. The monoisotopic (exact) mass is 450 g/mol. The molecule has 4 rings (SSSR count). The number of esters is 1. The van der Waals surface area contributed by atoms with Crippen molar-refractivity contribution in [1.82, 2.24) is 10.1 Å². The summed E-state index contributed by atoms with van der Waals surface area (Å²) < 4.78 is 10.4. The first-order valence-corrected chi connectivity index (χ1v) is 11.3. The highest BCUT2D eigenvalue weighted by molar-refractivity contribution is 5.90. The lowest BCUT2D eigenvalue weighted by Crippen LogP contribution is -2.37. The van der Waals surface area contributed by atoms with E-state index in [2.05, 4.69) is 35.2 Å². The molecule has 0 radical (unpaired) electrons. The molecule has 0 bridgehead atoms. The van der Waals surface area contributed by atoms with Gasteiger partial charge in [0, 0.05) is 37.2 Å². The van der Waals surface area contributed by atoms with Crippen LogP contribution in [-0.4, -0.2) is 46.3 Å². The Balaban J connectivity index is 0.000000215. The minimum absolute atomic E-state index is 0.122. The first-order chi connectivity index (χ1) is 16.0. The highest BCUT2D eigenvalue weighted by atomic mass is 16.5. The van der Waals surface area contributed by atoms with Crippen molar-refractivity contribution < 1.29 is 24.0 Å². The number of carboxylic acid groups (broad SMARTS) is 1. The lowest BCUT2D eigenvalue weighted by molar-refractivity contribution is -0.145. The average Bonchev–Trinajstić information content (AvgIpc) is 3.23. The Bertz CT molecular complexity index is 1050. The largest absolute Gasteiger partial charge is 0.478 e. The molecule has 174 valence electrons. The van der Waals surface area contributed by atoms with Crippen molar-refractivity contribution in [2.75, 3.05) is 13.1 Å². The number of aryl methyl sites for hydroxylation is 1. The molecule has 1 N–H and O–H groups in total. The zero-order valence-corrected chi connectivity index (χ0v) is 18.9. The number of aliphatic carboxylic acids is 1. The Labute approximate surface area is 193 Å². The van der Waals surface area contributed by atoms with Gasteiger partial charge in [0.25, 0.3) is 0 Å². The standard InChI is InChI=1S/C16H19NO4.C10H11NO/c18-15(19)6-7-16(20)21-14-8-10-17(11-9-14)12-13-4-2-1-3-5-13;1-2-5-9-8-6-3-4-7-10(8)12-11-9/h1-7,14H,8-12H2,(H,18,19);3-4,6-7H,2,5H2,1H3/b7-6-;. The molecule has 1 aromatic heterocycles. The maximum absolute atomic E-state index is 11.4. The van der Waals surface area contributed by atoms with Gasteiger partial charge in [0.2, 0.25) is 0 Å². The van der Waals surface area contributed by atoms with Crippen molar-refractivity contribution in [3.63, 3.8) is 0 Å². The fraction of sp³-hybridized carbons (Fsp3) is 0.346. The maximum Gasteiger partial charge on any atom is 0.331 e. The van der Waals surface area contributed by atoms with E-state index >= 15 is 0 Å². The van der Waals surface area contributed by atoms with Gasteiger partial charge in [0.05, 0.1) is 5.69 Å². The number of piperidine rings is 1. The molecule has 0 unspecified atom stereocenters. The summed E-state index contributed by atoms with van der Waals surface area (Å²) in [5.74, 6) is -1.73. The number of likely N-dealkylation sites (tertiary alicyclic amines) is 1. The van der Waals surface area contributed by atoms with E-state index in [0.717, 1.165) is 74.1 Å². The number of benzene rings is 2. The van der Waals surface area contributed by atoms with Crippen LogP contribution in [0.25, 0.3) is 11.0 Å². The highest BCUT2D eigenvalue weighted by Crippen LogP contribution is 2.18. The fourth-order valence-corrected chi connectivity index (χ4v) is 3.72. The fourth-order valence-electron chi connectivity index (χ4n) is 3.72. The van der Waals surface area contributed by atoms with Gasteiger partial charge in [0.1, 0.15) is 6.10 Å². The summed E-state index contributed by atoms with van der Waals surface area (Å²) >= 11 is 0. The Morgan fingerprint density at radius 2 is 1.79 bits per heavy atom. The predicted octanol–water partition coefficient (Wildman–Crippen LogP) is 4.62. The lowest BCUT2D eigenvalue weighted by atomic mass is 10.1. The Hall–Kier alpha value is -3.45. The molecule has 7 heteroatoms. The smallest absolute Gasteiger partial charge is 0.331 e. The predicted molar refractivity (Wildman–Crippen MR) is 126 cm³/mol. The van der Waals surface area contributed by atoms with E-state index in [9.17, 15) is 9.59 Å². The number of hydrogen-bond acceptors (Lipinski definition) is 6. The summed E-state index contributed by atoms with van der Waals surface area (Å²) in [4.78, 5) is 24.0. The number of rotatable bonds is 7. The van der Waals surface area contributed by atoms with Crippen molar-refractivity contribution in [2.45, 2.75) is 45.3 Å². The molecule has 2 aromatic carbocycles. The molecule has 1 fully saturated rings. The average molecular weight is 451 g/mol. The second-order valence-corrected chi connectivity index (χ2v) is 7.94. The second-order valence-electron chi connectivity index (χ2n) is 7.94. The van der Waals surface area contributed by atoms with Crippen molar-refractivity contribution >= 4 is 22.9 Å². The minimum Gasteiger partial charge on any atom is -0.478 e. The summed E-state index contributed by atoms with van der Waals surface area (Å²) in [6, 6.07) is 18.2. The normalized spacial score (nSPS) is 14.7. The molecule has 0 aliphatic carbocycles. The van der Waals surface area contributed by atoms with Gasteiger partial charge in [0.15, 0.2) is 5.58 Å². The van der Waals surface area contributed by atoms with E-state index in [1.807, 2.05) is 36.4 Å². The van der Waals surface area contributed by atoms with Crippen LogP contribution in [0, 0.1) is 0 Å². The molecule has 1 aliphatic rings. The summed E-state index contributed by atoms with van der Waals surface area (Å²) in [7, 11) is 0. The van der Waals surface area contributed by atoms with E-state index < -0.39 is 11.9 Å². The zero-order valence-electron chi connectivity index (χ0n) is 18.9. The third-order valence-electron chi connectivity index (χ3n) is 5.37. The van der Waals surface area contributed by atoms with E-state index in [1.54, 1.807) is 0 Å². The molecule has 0 atom stereocenters. The summed E-state index contributed by atoms with van der Waals surface area (Å²) in [6.07, 6.45) is 5.29. The van der Waals surface area contributed by atoms with Crippen molar-refractivity contribution in [3.8, 4) is 0 Å². The minimum atomic E-state index is -1.15. The van der Waals surface area contributed by atoms with Crippen LogP contribution in [0.3, 0.4) is 0 Å². The van der Waals surface area contributed by atoms with Crippen LogP contribution in [-0.2, 0) is 27.3 Å². The molecule has 1 aliphatic heterocycles. The van der Waals surface area contributed by atoms with Gasteiger partial charge in [-0.05, 0) is 37.0 Å². The lowest BCUT2D eigenvalue weighted by Gasteiger charge is -2.31. The molecule has 2 heterocycles. The second kappa shape index (κ2) is 12.6. The van der Waals surface area contributed by atoms with Crippen molar-refractivity contribution in [1.29, 1.82) is 0 Å². The van der Waals surface area contributed by atoms with Crippen LogP contribution >= 0.6 is 0 Å². The number of carboxylic acids is 1. The number of carbonyl (C=O) groups excluding carboxylic acids is 1. The van der Waals surface area contributed by atoms with Crippen LogP contribution in [0.5, 0.6) is 0 Å². The van der Waals surface area contributed by atoms with Crippen LogP contribution in [0.2, 0.25) is 0 Å². The number of nitrogens with zero attached hydrogens (tertiary/aromatic N) is 2. The first kappa shape index (κ1) is 24.2. The molecule has 0 saturated carbocycles. The number of para-hydroxylation sites is 1. The third kappa shape index (κ3) is 7.88. The quantitative estimate of drug-likeness (QED) is 0.415. The van der Waals surface area contributed by atoms with Crippen LogP contribution in [0.4, 0.5) is 0 Å². The molecule has 7 nitrogen and oxygen atoms in total. The number of carbonyl (C=O) groups is 2. The zero-order chi connectivity index (χ0) is 23.5. The van der Waals surface area contributed by atoms with E-state index in [-0.39, 0.29) is 6.10 Å². The van der Waals surface area contributed by atoms with Crippen LogP contribution in [0.15, 0.2) is 71.3 Å². The van der Waals surface area contributed by atoms with Crippen molar-refractivity contribution in [3.05, 3.63) is 78.0 Å². The van der Waals surface area contributed by atoms with Gasteiger partial charge in [-0.25, -0.2) is 9.59 Å². The van der Waals surface area contributed by atoms with Crippen molar-refractivity contribution in [2.24, 2.45) is 0 Å². The van der Waals surface area contributed by atoms with Gasteiger partial charge in [-0.1, -0.05) is 61.0 Å². The van der Waals surface area contributed by atoms with Gasteiger partial charge >= 0.3 is 11.9 Å². The van der Waals surface area contributed by atoms with E-state index in [4.69, 9.17) is 14.4 Å². The molecule has 0 spiro atoms. The Morgan fingerprint density at radius 3 is 2.48 bits per heavy atom. The van der Waals surface area contributed by atoms with Gasteiger partial charge in [-0.2, -0.15) is 0 Å². The maximum atomic E-state index is 11.4. The van der Waals surface area contributed by atoms with Gasteiger partial charge in [-0.15, -0.1) is 0 Å². The first-order valence-electron chi connectivity index (χ1n) is 11.3. The summed E-state index contributed by atoms with van der Waals surface area (Å²) in [5, 5.41) is 13.6. The molecule has 1 saturated heterocycles. The molecular weight excluding hydrogens is 420 g/mol. The van der Waals surface area contributed by atoms with Gasteiger partial charge in [-0.3, -0.25) is 4.90 Å². The Kier molecular flexibility index (Phi) is 9.20. The van der Waals surface area contributed by atoms with Crippen LogP contribution in [0.1, 0.15) is 37.4 Å². The topological polar surface area (TPSA) is 92.9 Å². The summed E-state index contributed by atoms with van der Waals surface area (Å²) in [5.41, 5.74) is 3.24. The van der Waals surface area contributed by atoms with E-state index in [1.165, 1.54) is 5.56 Å². The number of aromatic nitrogens is 1. The van der Waals surface area contributed by atoms with Crippen LogP contribution < -0.4 is 0 Å². The third-order valence-corrected chi connectivity index (χ3v) is 5.37.